The highest BCUT2D eigenvalue weighted by molar-refractivity contribution is 5.62. The minimum Gasteiger partial charge on any atom is -0.497 e. The molecule has 0 aromatic heterocycles. The molecule has 0 aliphatic carbocycles. The van der Waals surface area contributed by atoms with Gasteiger partial charge in [0, 0.05) is 18.3 Å². The largest absolute Gasteiger partial charge is 0.497 e. The lowest BCUT2D eigenvalue weighted by Crippen LogP contribution is -2.34. The Balaban J connectivity index is 2.25. The van der Waals surface area contributed by atoms with Crippen molar-refractivity contribution in [2.75, 3.05) is 26.0 Å². The molecule has 1 atom stereocenters. The monoisotopic (exact) mass is 220 g/mol. The van der Waals surface area contributed by atoms with E-state index in [9.17, 15) is 0 Å². The maximum absolute atomic E-state index is 5.30. The van der Waals surface area contributed by atoms with E-state index in [-0.39, 0.29) is 0 Å². The number of benzene rings is 1. The number of fused-ring (bicyclic) bond motifs is 1. The molecule has 2 N–H and O–H groups in total. The lowest BCUT2D eigenvalue weighted by atomic mass is 9.95. The molecule has 0 saturated carbocycles. The molecule has 0 bridgehead atoms. The Hall–Kier alpha value is -1.22. The number of likely N-dealkylation sites (N-methyl/N-ethyl adjacent to an activating group) is 1. The number of hydrogen-bond acceptors (Lipinski definition) is 3. The summed E-state index contributed by atoms with van der Waals surface area (Å²) in [7, 11) is 3.72. The van der Waals surface area contributed by atoms with Crippen molar-refractivity contribution in [2.45, 2.75) is 25.8 Å². The molecule has 1 aromatic rings. The van der Waals surface area contributed by atoms with Crippen molar-refractivity contribution < 1.29 is 4.74 Å². The molecule has 0 amide bonds. The average molecular weight is 220 g/mol. The fourth-order valence-corrected chi connectivity index (χ4v) is 2.35. The van der Waals surface area contributed by atoms with Crippen molar-refractivity contribution in [2.24, 2.45) is 0 Å². The highest BCUT2D eigenvalue weighted by Crippen LogP contribution is 2.31. The summed E-state index contributed by atoms with van der Waals surface area (Å²) < 4.78 is 5.30. The quantitative estimate of drug-likeness (QED) is 0.817. The van der Waals surface area contributed by atoms with Gasteiger partial charge >= 0.3 is 0 Å². The number of hydrogen-bond donors (Lipinski definition) is 2. The Morgan fingerprint density at radius 3 is 3.00 bits per heavy atom. The fourth-order valence-electron chi connectivity index (χ4n) is 2.35. The summed E-state index contributed by atoms with van der Waals surface area (Å²) in [6.07, 6.45) is 2.31. The van der Waals surface area contributed by atoms with E-state index in [0.29, 0.717) is 6.04 Å². The van der Waals surface area contributed by atoms with Gasteiger partial charge in [0.25, 0.3) is 0 Å². The van der Waals surface area contributed by atoms with Crippen LogP contribution in [0.5, 0.6) is 5.75 Å². The van der Waals surface area contributed by atoms with E-state index in [1.165, 1.54) is 23.2 Å². The van der Waals surface area contributed by atoms with E-state index in [0.717, 1.165) is 18.7 Å². The predicted octanol–water partition coefficient (Wildman–Crippen LogP) is 1.95. The van der Waals surface area contributed by atoms with Crippen molar-refractivity contribution >= 4 is 5.69 Å². The molecule has 1 aromatic carbocycles. The third-order valence-electron chi connectivity index (χ3n) is 3.19. The first-order valence-corrected chi connectivity index (χ1v) is 5.83. The van der Waals surface area contributed by atoms with Gasteiger partial charge in [0.05, 0.1) is 7.11 Å². The molecule has 0 saturated heterocycles. The molecule has 0 spiro atoms. The van der Waals surface area contributed by atoms with Crippen LogP contribution in [0.25, 0.3) is 0 Å². The van der Waals surface area contributed by atoms with Crippen LogP contribution in [0.1, 0.15) is 17.5 Å². The van der Waals surface area contributed by atoms with Gasteiger partial charge in [0.2, 0.25) is 0 Å². The number of aryl methyl sites for hydroxylation is 2. The first kappa shape index (κ1) is 11.3. The van der Waals surface area contributed by atoms with E-state index in [4.69, 9.17) is 4.74 Å². The highest BCUT2D eigenvalue weighted by Gasteiger charge is 2.19. The zero-order valence-electron chi connectivity index (χ0n) is 10.3. The minimum absolute atomic E-state index is 0.546. The third kappa shape index (κ3) is 2.14. The van der Waals surface area contributed by atoms with Gasteiger partial charge in [-0.15, -0.1) is 0 Å². The van der Waals surface area contributed by atoms with E-state index in [2.05, 4.69) is 29.7 Å². The van der Waals surface area contributed by atoms with Crippen molar-refractivity contribution in [3.63, 3.8) is 0 Å². The minimum atomic E-state index is 0.546. The van der Waals surface area contributed by atoms with Crippen LogP contribution in [0.4, 0.5) is 5.69 Å². The number of rotatable bonds is 3. The Morgan fingerprint density at radius 2 is 2.31 bits per heavy atom. The first-order chi connectivity index (χ1) is 7.74. The molecule has 1 aliphatic rings. The van der Waals surface area contributed by atoms with Crippen molar-refractivity contribution in [3.8, 4) is 5.75 Å². The van der Waals surface area contributed by atoms with E-state index in [1.807, 2.05) is 7.05 Å². The third-order valence-corrected chi connectivity index (χ3v) is 3.19. The van der Waals surface area contributed by atoms with Crippen molar-refractivity contribution in [3.05, 3.63) is 23.3 Å². The zero-order chi connectivity index (χ0) is 11.5. The normalized spacial score (nSPS) is 18.8. The Bertz CT molecular complexity index is 376. The van der Waals surface area contributed by atoms with Gasteiger partial charge in [0.15, 0.2) is 0 Å². The summed E-state index contributed by atoms with van der Waals surface area (Å²) in [5.74, 6) is 0.963. The Morgan fingerprint density at radius 1 is 1.50 bits per heavy atom. The molecule has 88 valence electrons. The van der Waals surface area contributed by atoms with Gasteiger partial charge in [-0.25, -0.2) is 0 Å². The summed E-state index contributed by atoms with van der Waals surface area (Å²) in [6, 6.07) is 4.78. The van der Waals surface area contributed by atoms with E-state index >= 15 is 0 Å². The number of ether oxygens (including phenoxy) is 1. The van der Waals surface area contributed by atoms with Gasteiger partial charge < -0.3 is 15.4 Å². The number of methoxy groups -OCH3 is 1. The predicted molar refractivity (Wildman–Crippen MR) is 67.4 cm³/mol. The van der Waals surface area contributed by atoms with Gasteiger partial charge in [-0.1, -0.05) is 0 Å². The molecule has 0 fully saturated rings. The van der Waals surface area contributed by atoms with Crippen LogP contribution in [0.3, 0.4) is 0 Å². The standard InChI is InChI=1S/C13H20N2O/c1-9-6-12(16-3)7-10-4-5-11(8-14-2)15-13(9)10/h6-7,11,14-15H,4-5,8H2,1-3H3. The summed E-state index contributed by atoms with van der Waals surface area (Å²) in [5.41, 5.74) is 3.95. The van der Waals surface area contributed by atoms with Crippen LogP contribution in [-0.4, -0.2) is 26.7 Å². The number of anilines is 1. The second-order valence-corrected chi connectivity index (χ2v) is 4.42. The van der Waals surface area contributed by atoms with Gasteiger partial charge in [0.1, 0.15) is 5.75 Å². The number of nitrogens with one attached hydrogen (secondary N) is 2. The molecule has 3 nitrogen and oxygen atoms in total. The van der Waals surface area contributed by atoms with Crippen LogP contribution in [0, 0.1) is 6.92 Å². The molecular weight excluding hydrogens is 200 g/mol. The van der Waals surface area contributed by atoms with Crippen LogP contribution in [0.15, 0.2) is 12.1 Å². The highest BCUT2D eigenvalue weighted by atomic mass is 16.5. The topological polar surface area (TPSA) is 33.3 Å². The Labute approximate surface area is 97.2 Å². The molecule has 2 rings (SSSR count). The zero-order valence-corrected chi connectivity index (χ0v) is 10.3. The second-order valence-electron chi connectivity index (χ2n) is 4.42. The molecule has 1 aliphatic heterocycles. The van der Waals surface area contributed by atoms with Gasteiger partial charge in [-0.2, -0.15) is 0 Å². The van der Waals surface area contributed by atoms with E-state index in [1.54, 1.807) is 7.11 Å². The lowest BCUT2D eigenvalue weighted by molar-refractivity contribution is 0.413. The molecule has 1 unspecified atom stereocenters. The van der Waals surface area contributed by atoms with Crippen LogP contribution < -0.4 is 15.4 Å². The maximum atomic E-state index is 5.30. The van der Waals surface area contributed by atoms with Gasteiger partial charge in [-0.05, 0) is 50.1 Å². The second kappa shape index (κ2) is 4.74. The Kier molecular flexibility index (Phi) is 3.34. The van der Waals surface area contributed by atoms with Crippen LogP contribution in [0.2, 0.25) is 0 Å². The summed E-state index contributed by atoms with van der Waals surface area (Å²) >= 11 is 0. The smallest absolute Gasteiger partial charge is 0.119 e. The molecule has 1 heterocycles. The lowest BCUT2D eigenvalue weighted by Gasteiger charge is -2.28. The van der Waals surface area contributed by atoms with Crippen molar-refractivity contribution in [1.82, 2.24) is 5.32 Å². The SMILES string of the molecule is CNCC1CCc2cc(OC)cc(C)c2N1. The van der Waals surface area contributed by atoms with Crippen LogP contribution in [-0.2, 0) is 6.42 Å². The fraction of sp³-hybridized carbons (Fsp3) is 0.538. The molecular formula is C13H20N2O. The van der Waals surface area contributed by atoms with Crippen molar-refractivity contribution in [1.29, 1.82) is 0 Å². The molecule has 3 heteroatoms. The molecule has 16 heavy (non-hydrogen) atoms. The average Bonchev–Trinajstić information content (AvgIpc) is 2.30. The molecule has 0 radical (unpaired) electrons. The van der Waals surface area contributed by atoms with Gasteiger partial charge in [-0.3, -0.25) is 0 Å². The summed E-state index contributed by atoms with van der Waals surface area (Å²) in [4.78, 5) is 0. The van der Waals surface area contributed by atoms with E-state index < -0.39 is 0 Å². The first-order valence-electron chi connectivity index (χ1n) is 5.83. The maximum Gasteiger partial charge on any atom is 0.119 e. The van der Waals surface area contributed by atoms with Crippen LogP contribution >= 0.6 is 0 Å². The summed E-state index contributed by atoms with van der Waals surface area (Å²) in [6.45, 7) is 3.15. The summed E-state index contributed by atoms with van der Waals surface area (Å²) in [5, 5.41) is 6.82.